The van der Waals surface area contributed by atoms with E-state index >= 15 is 0 Å². The van der Waals surface area contributed by atoms with Crippen LogP contribution in [0.2, 0.25) is 0 Å². The lowest BCUT2D eigenvalue weighted by Crippen LogP contribution is -2.35. The van der Waals surface area contributed by atoms with Crippen LogP contribution in [0.5, 0.6) is 0 Å². The van der Waals surface area contributed by atoms with Gasteiger partial charge < -0.3 is 9.73 Å². The fourth-order valence-electron chi connectivity index (χ4n) is 3.31. The molecule has 27 heavy (non-hydrogen) atoms. The van der Waals surface area contributed by atoms with Gasteiger partial charge in [-0.15, -0.1) is 0 Å². The van der Waals surface area contributed by atoms with Crippen molar-refractivity contribution in [2.75, 3.05) is 11.5 Å². The molecule has 142 valence electrons. The van der Waals surface area contributed by atoms with Gasteiger partial charge >= 0.3 is 0 Å². The molecule has 1 N–H and O–H groups in total. The number of furan rings is 1. The number of sulfone groups is 1. The van der Waals surface area contributed by atoms with Crippen molar-refractivity contribution in [1.29, 1.82) is 0 Å². The van der Waals surface area contributed by atoms with Gasteiger partial charge in [-0.1, -0.05) is 0 Å². The summed E-state index contributed by atoms with van der Waals surface area (Å²) in [5.74, 6) is 0.294. The molecule has 0 bridgehead atoms. The Morgan fingerprint density at radius 1 is 1.41 bits per heavy atom. The van der Waals surface area contributed by atoms with Gasteiger partial charge in [0.05, 0.1) is 34.9 Å². The van der Waals surface area contributed by atoms with Crippen LogP contribution in [0, 0.1) is 0 Å². The average Bonchev–Trinajstić information content (AvgIpc) is 3.32. The van der Waals surface area contributed by atoms with Crippen molar-refractivity contribution in [2.45, 2.75) is 32.4 Å². The Hall–Kier alpha value is -2.68. The normalized spacial score (nSPS) is 19.0. The van der Waals surface area contributed by atoms with Gasteiger partial charge in [0.1, 0.15) is 5.69 Å². The van der Waals surface area contributed by atoms with Gasteiger partial charge in [0.25, 0.3) is 5.91 Å². The summed E-state index contributed by atoms with van der Waals surface area (Å²) >= 11 is 0. The van der Waals surface area contributed by atoms with Gasteiger partial charge in [0.15, 0.2) is 21.2 Å². The number of fused-ring (bicyclic) bond motifs is 1. The van der Waals surface area contributed by atoms with E-state index in [1.54, 1.807) is 35.3 Å². The molecule has 1 amide bonds. The molecule has 0 saturated carbocycles. The van der Waals surface area contributed by atoms with Gasteiger partial charge in [0, 0.05) is 12.1 Å². The molecule has 8 nitrogen and oxygen atoms in total. The van der Waals surface area contributed by atoms with Gasteiger partial charge in [-0.05, 0) is 38.5 Å². The molecule has 1 aliphatic heterocycles. The average molecular weight is 388 g/mol. The molecule has 1 saturated heterocycles. The maximum absolute atomic E-state index is 12.9. The molecule has 3 aromatic rings. The molecule has 0 aliphatic carbocycles. The number of hydrogen-bond donors (Lipinski definition) is 1. The van der Waals surface area contributed by atoms with E-state index in [0.717, 1.165) is 0 Å². The van der Waals surface area contributed by atoms with E-state index in [2.05, 4.69) is 15.4 Å². The lowest BCUT2D eigenvalue weighted by atomic mass is 10.1. The first-order valence-corrected chi connectivity index (χ1v) is 10.6. The minimum atomic E-state index is -3.08. The second-order valence-electron chi connectivity index (χ2n) is 7.03. The van der Waals surface area contributed by atoms with Gasteiger partial charge in [-0.25, -0.2) is 18.1 Å². The maximum Gasteiger partial charge on any atom is 0.252 e. The smallest absolute Gasteiger partial charge is 0.252 e. The predicted molar refractivity (Wildman–Crippen MR) is 100 cm³/mol. The van der Waals surface area contributed by atoms with Crippen LogP contribution in [0.1, 0.15) is 36.7 Å². The first-order valence-electron chi connectivity index (χ1n) is 8.77. The van der Waals surface area contributed by atoms with Crippen LogP contribution in [-0.2, 0) is 9.84 Å². The van der Waals surface area contributed by atoms with Crippen molar-refractivity contribution >= 4 is 26.8 Å². The molecule has 4 rings (SSSR count). The lowest BCUT2D eigenvalue weighted by Gasteiger charge is -2.13. The molecule has 0 radical (unpaired) electrons. The monoisotopic (exact) mass is 388 g/mol. The quantitative estimate of drug-likeness (QED) is 0.734. The number of nitrogens with zero attached hydrogens (tertiary/aromatic N) is 3. The zero-order valence-electron chi connectivity index (χ0n) is 15.0. The zero-order valence-corrected chi connectivity index (χ0v) is 15.9. The van der Waals surface area contributed by atoms with Crippen LogP contribution in [0.15, 0.2) is 35.1 Å². The highest BCUT2D eigenvalue weighted by Crippen LogP contribution is 2.27. The molecule has 0 aromatic carbocycles. The second kappa shape index (κ2) is 6.49. The minimum absolute atomic E-state index is 0.0245. The van der Waals surface area contributed by atoms with E-state index in [4.69, 9.17) is 4.42 Å². The summed E-state index contributed by atoms with van der Waals surface area (Å²) in [6.07, 6.45) is 3.59. The van der Waals surface area contributed by atoms with Crippen LogP contribution in [0.3, 0.4) is 0 Å². The molecular weight excluding hydrogens is 368 g/mol. The summed E-state index contributed by atoms with van der Waals surface area (Å²) in [5.41, 5.74) is 1.52. The fraction of sp³-hybridized carbons (Fsp3) is 0.389. The Morgan fingerprint density at radius 2 is 2.22 bits per heavy atom. The molecule has 9 heteroatoms. The minimum Gasteiger partial charge on any atom is -0.463 e. The highest BCUT2D eigenvalue weighted by Gasteiger charge is 2.30. The highest BCUT2D eigenvalue weighted by molar-refractivity contribution is 7.91. The summed E-state index contributed by atoms with van der Waals surface area (Å²) in [7, 11) is -3.08. The van der Waals surface area contributed by atoms with Crippen molar-refractivity contribution in [2.24, 2.45) is 0 Å². The van der Waals surface area contributed by atoms with Gasteiger partial charge in [-0.3, -0.25) is 4.79 Å². The molecule has 1 aliphatic rings. The van der Waals surface area contributed by atoms with Crippen LogP contribution >= 0.6 is 0 Å². The fourth-order valence-corrected chi connectivity index (χ4v) is 4.98. The van der Waals surface area contributed by atoms with E-state index in [0.29, 0.717) is 34.5 Å². The number of pyridine rings is 1. The zero-order chi connectivity index (χ0) is 19.2. The van der Waals surface area contributed by atoms with E-state index in [1.165, 1.54) is 0 Å². The number of carbonyl (C=O) groups is 1. The summed E-state index contributed by atoms with van der Waals surface area (Å²) in [6.45, 7) is 3.97. The van der Waals surface area contributed by atoms with Crippen LogP contribution in [-0.4, -0.2) is 46.6 Å². The summed E-state index contributed by atoms with van der Waals surface area (Å²) in [6, 6.07) is 4.88. The van der Waals surface area contributed by atoms with E-state index in [1.807, 2.05) is 13.8 Å². The second-order valence-corrected chi connectivity index (χ2v) is 9.25. The van der Waals surface area contributed by atoms with Crippen LogP contribution < -0.4 is 5.32 Å². The van der Waals surface area contributed by atoms with Crippen molar-refractivity contribution in [1.82, 2.24) is 20.1 Å². The van der Waals surface area contributed by atoms with Crippen molar-refractivity contribution < 1.29 is 17.6 Å². The number of carbonyl (C=O) groups excluding carboxylic acids is 1. The topological polar surface area (TPSA) is 107 Å². The number of aromatic nitrogens is 3. The van der Waals surface area contributed by atoms with Crippen LogP contribution in [0.4, 0.5) is 0 Å². The lowest BCUT2D eigenvalue weighted by molar-refractivity contribution is 0.0943. The van der Waals surface area contributed by atoms with Gasteiger partial charge in [0.2, 0.25) is 0 Å². The third-order valence-corrected chi connectivity index (χ3v) is 6.41. The summed E-state index contributed by atoms with van der Waals surface area (Å²) < 4.78 is 30.5. The first-order chi connectivity index (χ1) is 12.8. The molecule has 3 aromatic heterocycles. The standard InChI is InChI=1S/C18H20N4O4S/c1-11(2)22-17-14(9-19-22)13(8-15(21-17)16-4-3-6-26-16)18(23)20-12-5-7-27(24,25)10-12/h3-4,6,8-9,11-12H,5,7,10H2,1-2H3,(H,20,23). The Bertz CT molecular complexity index is 1100. The van der Waals surface area contributed by atoms with Crippen LogP contribution in [0.25, 0.3) is 22.5 Å². The molecule has 1 fully saturated rings. The Kier molecular flexibility index (Phi) is 4.26. The molecule has 1 atom stereocenters. The molecular formula is C18H20N4O4S. The van der Waals surface area contributed by atoms with E-state index in [9.17, 15) is 13.2 Å². The van der Waals surface area contributed by atoms with Crippen molar-refractivity contribution in [3.63, 3.8) is 0 Å². The third kappa shape index (κ3) is 3.34. The number of rotatable bonds is 4. The summed E-state index contributed by atoms with van der Waals surface area (Å²) in [5, 5.41) is 7.83. The molecule has 4 heterocycles. The third-order valence-electron chi connectivity index (χ3n) is 4.64. The van der Waals surface area contributed by atoms with Gasteiger partial charge in [-0.2, -0.15) is 5.10 Å². The summed E-state index contributed by atoms with van der Waals surface area (Å²) in [4.78, 5) is 17.6. The van der Waals surface area contributed by atoms with Crippen molar-refractivity contribution in [3.8, 4) is 11.5 Å². The SMILES string of the molecule is CC(C)n1ncc2c(C(=O)NC3CCS(=O)(=O)C3)cc(-c3ccco3)nc21. The number of amides is 1. The van der Waals surface area contributed by atoms with E-state index < -0.39 is 9.84 Å². The highest BCUT2D eigenvalue weighted by atomic mass is 32.2. The Labute approximate surface area is 156 Å². The van der Waals surface area contributed by atoms with Crippen molar-refractivity contribution in [3.05, 3.63) is 36.2 Å². The first kappa shape index (κ1) is 17.7. The Morgan fingerprint density at radius 3 is 2.85 bits per heavy atom. The number of hydrogen-bond acceptors (Lipinski definition) is 6. The molecule has 0 spiro atoms. The molecule has 1 unspecified atom stereocenters. The largest absolute Gasteiger partial charge is 0.463 e. The van der Waals surface area contributed by atoms with E-state index in [-0.39, 0.29) is 29.5 Å². The number of nitrogens with one attached hydrogen (secondary N) is 1. The maximum atomic E-state index is 12.9. The predicted octanol–water partition coefficient (Wildman–Crippen LogP) is 2.19. The Balaban J connectivity index is 1.77.